The summed E-state index contributed by atoms with van der Waals surface area (Å²) in [6.07, 6.45) is 7.13. The van der Waals surface area contributed by atoms with Crippen LogP contribution in [-0.4, -0.2) is 9.59 Å². The third kappa shape index (κ3) is 3.72. The summed E-state index contributed by atoms with van der Waals surface area (Å²) in [5.74, 6) is 0. The molecule has 1 aromatic rings. The second-order valence-corrected chi connectivity index (χ2v) is 4.45. The molecule has 1 atom stereocenters. The average Bonchev–Trinajstić information content (AvgIpc) is 2.67. The molecular weight excluding hydrogens is 206 g/mol. The molecule has 0 saturated heterocycles. The lowest BCUT2D eigenvalue weighted by Gasteiger charge is -2.09. The van der Waals surface area contributed by atoms with E-state index in [1.165, 1.54) is 16.4 Å². The van der Waals surface area contributed by atoms with E-state index in [-0.39, 0.29) is 6.04 Å². The first kappa shape index (κ1) is 12.3. The summed E-state index contributed by atoms with van der Waals surface area (Å²) < 4.78 is 3.98. The molecule has 15 heavy (non-hydrogen) atoms. The van der Waals surface area contributed by atoms with Crippen LogP contribution >= 0.6 is 11.5 Å². The van der Waals surface area contributed by atoms with Crippen molar-refractivity contribution in [2.24, 2.45) is 5.73 Å². The van der Waals surface area contributed by atoms with Crippen molar-refractivity contribution in [1.29, 1.82) is 0 Å². The Morgan fingerprint density at radius 2 is 2.40 bits per heavy atom. The summed E-state index contributed by atoms with van der Waals surface area (Å²) in [5.41, 5.74) is 7.20. The van der Waals surface area contributed by atoms with E-state index < -0.39 is 0 Å². The molecule has 1 rings (SSSR count). The number of hydrogen-bond acceptors (Lipinski definition) is 4. The van der Waals surface area contributed by atoms with Crippen molar-refractivity contribution in [1.82, 2.24) is 9.59 Å². The molecule has 0 aliphatic heterocycles. The van der Waals surface area contributed by atoms with Gasteiger partial charge < -0.3 is 5.73 Å². The Morgan fingerprint density at radius 1 is 1.60 bits per heavy atom. The van der Waals surface area contributed by atoms with Gasteiger partial charge >= 0.3 is 0 Å². The molecular formula is C11H19N3S. The van der Waals surface area contributed by atoms with Gasteiger partial charge in [0.05, 0.1) is 10.6 Å². The van der Waals surface area contributed by atoms with E-state index in [2.05, 4.69) is 23.1 Å². The molecule has 0 amide bonds. The largest absolute Gasteiger partial charge is 0.323 e. The van der Waals surface area contributed by atoms with Crippen molar-refractivity contribution in [3.05, 3.63) is 23.2 Å². The number of aromatic nitrogens is 2. The summed E-state index contributed by atoms with van der Waals surface area (Å²) in [7, 11) is 0. The first-order valence-electron chi connectivity index (χ1n) is 5.47. The van der Waals surface area contributed by atoms with Crippen LogP contribution in [0.1, 0.15) is 49.2 Å². The first-order chi connectivity index (χ1) is 7.29. The van der Waals surface area contributed by atoms with Crippen LogP contribution in [-0.2, 0) is 6.42 Å². The monoisotopic (exact) mass is 225 g/mol. The van der Waals surface area contributed by atoms with Gasteiger partial charge in [-0.1, -0.05) is 23.9 Å². The molecule has 0 spiro atoms. The molecule has 0 fully saturated rings. The summed E-state index contributed by atoms with van der Waals surface area (Å²) in [6.45, 7) is 5.85. The Balaban J connectivity index is 2.52. The molecule has 0 saturated carbocycles. The van der Waals surface area contributed by atoms with Gasteiger partial charge in [0.25, 0.3) is 0 Å². The lowest BCUT2D eigenvalue weighted by Crippen LogP contribution is -2.10. The topological polar surface area (TPSA) is 51.8 Å². The molecule has 0 aliphatic carbocycles. The molecule has 1 heterocycles. The predicted octanol–water partition coefficient (Wildman–Crippen LogP) is 2.85. The molecule has 1 aromatic heterocycles. The van der Waals surface area contributed by atoms with Gasteiger partial charge in [0, 0.05) is 6.04 Å². The lowest BCUT2D eigenvalue weighted by molar-refractivity contribution is 0.618. The van der Waals surface area contributed by atoms with Gasteiger partial charge in [-0.05, 0) is 37.2 Å². The Bertz CT molecular complexity index is 296. The molecule has 0 aliphatic rings. The fourth-order valence-electron chi connectivity index (χ4n) is 1.52. The van der Waals surface area contributed by atoms with Gasteiger partial charge in [-0.3, -0.25) is 0 Å². The highest BCUT2D eigenvalue weighted by Crippen LogP contribution is 2.23. The maximum atomic E-state index is 6.11. The fourth-order valence-corrected chi connectivity index (χ4v) is 2.25. The number of unbranched alkanes of at least 4 members (excludes halogenated alkanes) is 1. The van der Waals surface area contributed by atoms with Crippen LogP contribution in [0.4, 0.5) is 0 Å². The predicted molar refractivity (Wildman–Crippen MR) is 64.9 cm³/mol. The van der Waals surface area contributed by atoms with E-state index in [4.69, 9.17) is 5.73 Å². The van der Waals surface area contributed by atoms with Crippen LogP contribution in [0.3, 0.4) is 0 Å². The van der Waals surface area contributed by atoms with E-state index in [9.17, 15) is 0 Å². The van der Waals surface area contributed by atoms with Gasteiger partial charge in [0.2, 0.25) is 0 Å². The Hall–Kier alpha value is -0.740. The molecule has 84 valence electrons. The van der Waals surface area contributed by atoms with Crippen LogP contribution in [0.25, 0.3) is 0 Å². The molecule has 0 bridgehead atoms. The zero-order valence-corrected chi connectivity index (χ0v) is 10.1. The minimum Gasteiger partial charge on any atom is -0.323 e. The number of aryl methyl sites for hydroxylation is 1. The van der Waals surface area contributed by atoms with Crippen molar-refractivity contribution >= 4 is 11.5 Å². The Morgan fingerprint density at radius 3 is 3.07 bits per heavy atom. The van der Waals surface area contributed by atoms with E-state index in [0.717, 1.165) is 37.8 Å². The fraction of sp³-hybridized carbons (Fsp3) is 0.636. The Kier molecular flexibility index (Phi) is 5.50. The Labute approximate surface area is 95.6 Å². The van der Waals surface area contributed by atoms with Crippen molar-refractivity contribution in [2.45, 2.75) is 45.1 Å². The summed E-state index contributed by atoms with van der Waals surface area (Å²) in [5, 5.41) is 4.12. The van der Waals surface area contributed by atoms with Crippen LogP contribution < -0.4 is 5.73 Å². The second-order valence-electron chi connectivity index (χ2n) is 3.66. The second kappa shape index (κ2) is 6.69. The molecule has 0 aromatic carbocycles. The number of rotatable bonds is 7. The minimum absolute atomic E-state index is 0.103. The van der Waals surface area contributed by atoms with Crippen LogP contribution in [0, 0.1) is 0 Å². The van der Waals surface area contributed by atoms with E-state index in [0.29, 0.717) is 0 Å². The number of allylic oxidation sites excluding steroid dienone is 1. The zero-order valence-electron chi connectivity index (χ0n) is 9.28. The number of hydrogen-bond donors (Lipinski definition) is 1. The van der Waals surface area contributed by atoms with Gasteiger partial charge in [0.15, 0.2) is 0 Å². The summed E-state index contributed by atoms with van der Waals surface area (Å²) in [6, 6.07) is 0.103. The van der Waals surface area contributed by atoms with E-state index in [1.807, 2.05) is 6.08 Å². The third-order valence-corrected chi connectivity index (χ3v) is 3.23. The van der Waals surface area contributed by atoms with Crippen molar-refractivity contribution in [3.63, 3.8) is 0 Å². The third-order valence-electron chi connectivity index (χ3n) is 2.33. The smallest absolute Gasteiger partial charge is 0.0803 e. The minimum atomic E-state index is 0.103. The van der Waals surface area contributed by atoms with Crippen molar-refractivity contribution in [2.75, 3.05) is 0 Å². The highest BCUT2D eigenvalue weighted by Gasteiger charge is 2.14. The van der Waals surface area contributed by atoms with Crippen LogP contribution in [0.2, 0.25) is 0 Å². The van der Waals surface area contributed by atoms with Crippen LogP contribution in [0.5, 0.6) is 0 Å². The average molecular weight is 225 g/mol. The molecule has 0 radical (unpaired) electrons. The summed E-state index contributed by atoms with van der Waals surface area (Å²) in [4.78, 5) is 1.17. The quantitative estimate of drug-likeness (QED) is 0.573. The molecule has 1 unspecified atom stereocenters. The number of nitrogens with zero attached hydrogens (tertiary/aromatic N) is 2. The maximum absolute atomic E-state index is 6.11. The normalized spacial score (nSPS) is 12.7. The lowest BCUT2D eigenvalue weighted by atomic mass is 10.1. The SMILES string of the molecule is C=CCCCC(N)c1snnc1CCC. The van der Waals surface area contributed by atoms with Crippen molar-refractivity contribution in [3.8, 4) is 0 Å². The van der Waals surface area contributed by atoms with Gasteiger partial charge in [-0.15, -0.1) is 11.7 Å². The number of nitrogens with two attached hydrogens (primary N) is 1. The molecule has 2 N–H and O–H groups in total. The molecule has 4 heteroatoms. The highest BCUT2D eigenvalue weighted by atomic mass is 32.1. The highest BCUT2D eigenvalue weighted by molar-refractivity contribution is 7.05. The first-order valence-corrected chi connectivity index (χ1v) is 6.24. The van der Waals surface area contributed by atoms with Crippen LogP contribution in [0.15, 0.2) is 12.7 Å². The van der Waals surface area contributed by atoms with Gasteiger partial charge in [0.1, 0.15) is 0 Å². The standard InChI is InChI=1S/C11H19N3S/c1-3-5-6-8-9(12)11-10(7-4-2)13-14-15-11/h3,9H,1,4-8,12H2,2H3. The molecule has 3 nitrogen and oxygen atoms in total. The zero-order chi connectivity index (χ0) is 11.1. The maximum Gasteiger partial charge on any atom is 0.0803 e. The van der Waals surface area contributed by atoms with Crippen molar-refractivity contribution < 1.29 is 0 Å². The van der Waals surface area contributed by atoms with Gasteiger partial charge in [-0.2, -0.15) is 0 Å². The van der Waals surface area contributed by atoms with Gasteiger partial charge in [-0.25, -0.2) is 0 Å². The summed E-state index contributed by atoms with van der Waals surface area (Å²) >= 11 is 1.44. The van der Waals surface area contributed by atoms with E-state index >= 15 is 0 Å². The van der Waals surface area contributed by atoms with E-state index in [1.54, 1.807) is 0 Å².